The summed E-state index contributed by atoms with van der Waals surface area (Å²) in [6, 6.07) is 1.28. The molecule has 2 heterocycles. The highest BCUT2D eigenvalue weighted by molar-refractivity contribution is 5.65. The van der Waals surface area contributed by atoms with Crippen molar-refractivity contribution in [3.05, 3.63) is 22.7 Å². The van der Waals surface area contributed by atoms with Crippen molar-refractivity contribution < 1.29 is 30.1 Å². The average Bonchev–Trinajstić information content (AvgIpc) is 3.01. The highest BCUT2D eigenvalue weighted by atomic mass is 16.6. The maximum Gasteiger partial charge on any atom is 0.409 e. The van der Waals surface area contributed by atoms with Crippen LogP contribution in [0.25, 0.3) is 0 Å². The number of carboxylic acid groups (broad SMARTS) is 1. The van der Waals surface area contributed by atoms with E-state index in [-0.39, 0.29) is 18.3 Å². The Hall–Kier alpha value is -2.21. The molecule has 11 nitrogen and oxygen atoms in total. The van der Waals surface area contributed by atoms with Gasteiger partial charge in [0.05, 0.1) is 0 Å². The largest absolute Gasteiger partial charge is 0.465 e. The number of aliphatic hydroxyl groups is 2. The van der Waals surface area contributed by atoms with E-state index in [4.69, 9.17) is 9.94 Å². The number of nitrogens with one attached hydrogen (secondary N) is 1. The van der Waals surface area contributed by atoms with Crippen LogP contribution < -0.4 is 11.2 Å². The molecule has 2 rings (SSSR count). The van der Waals surface area contributed by atoms with Gasteiger partial charge in [-0.15, -0.1) is 0 Å². The van der Waals surface area contributed by atoms with Gasteiger partial charge in [-0.25, -0.2) is 9.59 Å². The molecule has 4 atom stereocenters. The van der Waals surface area contributed by atoms with Crippen LogP contribution in [-0.4, -0.2) is 66.1 Å². The number of hydrogen-bond donors (Lipinski definition) is 5. The number of carbonyl (C=O) groups is 1. The van der Waals surface area contributed by atoms with Crippen LogP contribution >= 0.6 is 0 Å². The highest BCUT2D eigenvalue weighted by Crippen LogP contribution is 2.32. The molecule has 0 saturated carbocycles. The molecule has 170 valence electrons. The van der Waals surface area contributed by atoms with Crippen LogP contribution in [0.4, 0.5) is 10.6 Å². The first-order chi connectivity index (χ1) is 14.3. The van der Waals surface area contributed by atoms with Crippen molar-refractivity contribution in [1.29, 1.82) is 0 Å². The zero-order chi connectivity index (χ0) is 22.3. The summed E-state index contributed by atoms with van der Waals surface area (Å²) < 4.78 is 6.59. The van der Waals surface area contributed by atoms with E-state index < -0.39 is 36.4 Å². The maximum absolute atomic E-state index is 12.2. The second kappa shape index (κ2) is 11.3. The summed E-state index contributed by atoms with van der Waals surface area (Å²) in [4.78, 5) is 28.7. The summed E-state index contributed by atoms with van der Waals surface area (Å²) in [6.45, 7) is 4.30. The SMILES string of the molecule is CCCCC(CCCC)CN(C(=O)O)[C@@H]1O[C@@H](n2ccc(NO)nc2=O)[C@H](O)[C@@H]1O. The Morgan fingerprint density at radius 2 is 1.90 bits per heavy atom. The average molecular weight is 428 g/mol. The smallest absolute Gasteiger partial charge is 0.409 e. The number of aromatic nitrogens is 2. The lowest BCUT2D eigenvalue weighted by Gasteiger charge is -2.31. The molecule has 1 fully saturated rings. The van der Waals surface area contributed by atoms with Crippen LogP contribution in [0, 0.1) is 5.92 Å². The van der Waals surface area contributed by atoms with Crippen LogP contribution in [-0.2, 0) is 4.74 Å². The van der Waals surface area contributed by atoms with Gasteiger partial charge in [-0.2, -0.15) is 4.98 Å². The first-order valence-electron chi connectivity index (χ1n) is 10.3. The third kappa shape index (κ3) is 5.69. The summed E-state index contributed by atoms with van der Waals surface area (Å²) in [6.07, 6.45) is -0.117. The molecule has 0 spiro atoms. The molecule has 1 aliphatic heterocycles. The van der Waals surface area contributed by atoms with Gasteiger partial charge in [0, 0.05) is 12.7 Å². The second-order valence-electron chi connectivity index (χ2n) is 7.60. The van der Waals surface area contributed by atoms with Gasteiger partial charge >= 0.3 is 11.8 Å². The van der Waals surface area contributed by atoms with Crippen LogP contribution in [0.3, 0.4) is 0 Å². The van der Waals surface area contributed by atoms with Gasteiger partial charge in [-0.1, -0.05) is 39.5 Å². The molecule has 1 aromatic rings. The van der Waals surface area contributed by atoms with E-state index in [1.807, 2.05) is 0 Å². The second-order valence-corrected chi connectivity index (χ2v) is 7.60. The van der Waals surface area contributed by atoms with Crippen molar-refractivity contribution in [3.63, 3.8) is 0 Å². The molecule has 11 heteroatoms. The first kappa shape index (κ1) is 24.1. The highest BCUT2D eigenvalue weighted by Gasteiger charge is 2.48. The Kier molecular flexibility index (Phi) is 9.03. The first-order valence-corrected chi connectivity index (χ1v) is 10.3. The van der Waals surface area contributed by atoms with Crippen molar-refractivity contribution in [3.8, 4) is 0 Å². The third-order valence-corrected chi connectivity index (χ3v) is 5.37. The number of rotatable bonds is 11. The van der Waals surface area contributed by atoms with Gasteiger partial charge in [-0.05, 0) is 24.8 Å². The third-order valence-electron chi connectivity index (χ3n) is 5.37. The minimum Gasteiger partial charge on any atom is -0.465 e. The molecule has 0 bridgehead atoms. The van der Waals surface area contributed by atoms with Gasteiger partial charge in [0.2, 0.25) is 0 Å². The summed E-state index contributed by atoms with van der Waals surface area (Å²) in [7, 11) is 0. The summed E-state index contributed by atoms with van der Waals surface area (Å²) in [5.74, 6) is 0.00924. The van der Waals surface area contributed by atoms with E-state index >= 15 is 0 Å². The van der Waals surface area contributed by atoms with Crippen molar-refractivity contribution in [2.75, 3.05) is 12.0 Å². The lowest BCUT2D eigenvalue weighted by atomic mass is 9.95. The lowest BCUT2D eigenvalue weighted by Crippen LogP contribution is -2.48. The van der Waals surface area contributed by atoms with E-state index in [9.17, 15) is 24.9 Å². The molecule has 0 unspecified atom stereocenters. The van der Waals surface area contributed by atoms with Gasteiger partial charge in [0.1, 0.15) is 12.2 Å². The fourth-order valence-electron chi connectivity index (χ4n) is 3.68. The zero-order valence-electron chi connectivity index (χ0n) is 17.3. The van der Waals surface area contributed by atoms with E-state index in [2.05, 4.69) is 18.8 Å². The molecule has 1 aromatic heterocycles. The monoisotopic (exact) mass is 428 g/mol. The number of hydrogen-bond acceptors (Lipinski definition) is 8. The fraction of sp³-hybridized carbons (Fsp3) is 0.737. The summed E-state index contributed by atoms with van der Waals surface area (Å²) in [5.41, 5.74) is 0.903. The van der Waals surface area contributed by atoms with Gasteiger partial charge < -0.3 is 20.1 Å². The van der Waals surface area contributed by atoms with Crippen molar-refractivity contribution >= 4 is 11.9 Å². The molecule has 0 radical (unpaired) electrons. The number of nitrogens with zero attached hydrogens (tertiary/aromatic N) is 3. The number of amides is 1. The number of ether oxygens (including phenoxy) is 1. The number of aliphatic hydroxyl groups excluding tert-OH is 2. The van der Waals surface area contributed by atoms with Gasteiger partial charge in [-0.3, -0.25) is 20.2 Å². The number of unbranched alkanes of at least 4 members (excludes halogenated alkanes) is 2. The Balaban J connectivity index is 2.21. The topological polar surface area (TPSA) is 157 Å². The summed E-state index contributed by atoms with van der Waals surface area (Å²) in [5, 5.41) is 39.5. The van der Waals surface area contributed by atoms with Crippen LogP contribution in [0.2, 0.25) is 0 Å². The van der Waals surface area contributed by atoms with Crippen molar-refractivity contribution in [1.82, 2.24) is 14.5 Å². The van der Waals surface area contributed by atoms with Crippen LogP contribution in [0.1, 0.15) is 58.6 Å². The molecular formula is C19H32N4O7. The Morgan fingerprint density at radius 3 is 2.40 bits per heavy atom. The van der Waals surface area contributed by atoms with Gasteiger partial charge in [0.15, 0.2) is 18.3 Å². The molecule has 1 amide bonds. The van der Waals surface area contributed by atoms with Crippen molar-refractivity contribution in [2.45, 2.75) is 77.0 Å². The maximum atomic E-state index is 12.2. The van der Waals surface area contributed by atoms with E-state index in [1.54, 1.807) is 5.48 Å². The van der Waals surface area contributed by atoms with Crippen LogP contribution in [0.15, 0.2) is 17.1 Å². The zero-order valence-corrected chi connectivity index (χ0v) is 17.3. The fourth-order valence-corrected chi connectivity index (χ4v) is 3.68. The standard InChI is InChI=1S/C19H32N4O7/c1-3-5-7-12(8-6-4-2)11-23(19(27)28)17-15(25)14(24)16(30-17)22-10-9-13(21-29)20-18(22)26/h9-10,12,14-17,24-25,29H,3-8,11H2,1-2H3,(H,27,28)(H,20,21,26)/t14-,15+,16-,17-/m1/s1. The van der Waals surface area contributed by atoms with Crippen molar-refractivity contribution in [2.24, 2.45) is 5.92 Å². The molecule has 0 aliphatic carbocycles. The number of anilines is 1. The predicted molar refractivity (Wildman–Crippen MR) is 107 cm³/mol. The predicted octanol–water partition coefficient (Wildman–Crippen LogP) is 1.60. The molecule has 30 heavy (non-hydrogen) atoms. The lowest BCUT2D eigenvalue weighted by molar-refractivity contribution is -0.101. The molecule has 1 aliphatic rings. The summed E-state index contributed by atoms with van der Waals surface area (Å²) >= 11 is 0. The Bertz CT molecular complexity index is 736. The normalized spacial score (nSPS) is 23.7. The van der Waals surface area contributed by atoms with Crippen LogP contribution in [0.5, 0.6) is 0 Å². The minimum atomic E-state index is -1.54. The minimum absolute atomic E-state index is 0.0947. The van der Waals surface area contributed by atoms with E-state index in [0.717, 1.165) is 48.0 Å². The van der Waals surface area contributed by atoms with E-state index in [0.29, 0.717) is 0 Å². The molecule has 1 saturated heterocycles. The molecule has 0 aromatic carbocycles. The quantitative estimate of drug-likeness (QED) is 0.330. The Labute approximate surface area is 174 Å². The molecule has 5 N–H and O–H groups in total. The van der Waals surface area contributed by atoms with Gasteiger partial charge in [0.25, 0.3) is 0 Å². The molecular weight excluding hydrogens is 396 g/mol. The Morgan fingerprint density at radius 1 is 1.27 bits per heavy atom. The van der Waals surface area contributed by atoms with E-state index in [1.165, 1.54) is 12.3 Å².